The first-order valence-electron chi connectivity index (χ1n) is 9.55. The fraction of sp³-hybridized carbons (Fsp3) is 0.391. The number of carbonyl (C=O) groups excluding carboxylic acids is 2. The third-order valence-electron chi connectivity index (χ3n) is 6.54. The van der Waals surface area contributed by atoms with E-state index in [2.05, 4.69) is 12.1 Å². The molecule has 2 saturated heterocycles. The van der Waals surface area contributed by atoms with E-state index in [1.165, 1.54) is 0 Å². The average molecular weight is 381 g/mol. The van der Waals surface area contributed by atoms with Gasteiger partial charge >= 0.3 is 0 Å². The summed E-state index contributed by atoms with van der Waals surface area (Å²) < 4.78 is 5.86. The number of hydrogen-bond acceptors (Lipinski definition) is 3. The van der Waals surface area contributed by atoms with Gasteiger partial charge in [-0.2, -0.15) is 0 Å². The summed E-state index contributed by atoms with van der Waals surface area (Å²) in [5, 5.41) is 0.691. The van der Waals surface area contributed by atoms with Crippen molar-refractivity contribution < 1.29 is 14.3 Å². The standard InChI is InChI=1S/C23H21ClO3/c1-11-8-14(13-4-3-5-15(24)10-13)9-12(2)18(11)21-22(25)19-16-6-7-17(27-16)20(19)23(21)26/h3-5,8-10,16-17,19-21H,6-7H2,1-2H3/t16?,17?,19-,20+,21?. The van der Waals surface area contributed by atoms with E-state index in [0.717, 1.165) is 40.7 Å². The van der Waals surface area contributed by atoms with Crippen molar-refractivity contribution in [2.75, 3.05) is 0 Å². The molecule has 2 aromatic rings. The van der Waals surface area contributed by atoms with E-state index in [0.29, 0.717) is 5.02 Å². The third-order valence-corrected chi connectivity index (χ3v) is 6.77. The number of ketones is 2. The Labute approximate surface area is 163 Å². The highest BCUT2D eigenvalue weighted by molar-refractivity contribution is 6.30. The van der Waals surface area contributed by atoms with Crippen molar-refractivity contribution in [3.63, 3.8) is 0 Å². The van der Waals surface area contributed by atoms with Gasteiger partial charge < -0.3 is 4.74 Å². The molecule has 138 valence electrons. The molecule has 27 heavy (non-hydrogen) atoms. The number of rotatable bonds is 2. The van der Waals surface area contributed by atoms with Gasteiger partial charge in [-0.25, -0.2) is 0 Å². The average Bonchev–Trinajstić information content (AvgIpc) is 3.30. The van der Waals surface area contributed by atoms with Crippen LogP contribution in [0.15, 0.2) is 36.4 Å². The Morgan fingerprint density at radius 3 is 2.04 bits per heavy atom. The molecule has 1 saturated carbocycles. The highest BCUT2D eigenvalue weighted by Gasteiger charge is 2.63. The van der Waals surface area contributed by atoms with Crippen LogP contribution in [0.2, 0.25) is 5.02 Å². The summed E-state index contributed by atoms with van der Waals surface area (Å²) in [4.78, 5) is 26.3. The van der Waals surface area contributed by atoms with Gasteiger partial charge in [-0.3, -0.25) is 9.59 Å². The van der Waals surface area contributed by atoms with E-state index >= 15 is 0 Å². The van der Waals surface area contributed by atoms with E-state index < -0.39 is 5.92 Å². The number of carbonyl (C=O) groups is 2. The molecule has 3 nitrogen and oxygen atoms in total. The van der Waals surface area contributed by atoms with E-state index in [-0.39, 0.29) is 35.6 Å². The molecule has 0 spiro atoms. The molecule has 0 radical (unpaired) electrons. The van der Waals surface area contributed by atoms with Gasteiger partial charge in [0.1, 0.15) is 5.92 Å². The quantitative estimate of drug-likeness (QED) is 0.712. The molecule has 3 aliphatic rings. The molecule has 5 atom stereocenters. The van der Waals surface area contributed by atoms with E-state index in [1.54, 1.807) is 0 Å². The van der Waals surface area contributed by atoms with Gasteiger partial charge in [-0.15, -0.1) is 0 Å². The summed E-state index contributed by atoms with van der Waals surface area (Å²) in [7, 11) is 0. The van der Waals surface area contributed by atoms with Crippen LogP contribution in [-0.4, -0.2) is 23.8 Å². The van der Waals surface area contributed by atoms with Crippen molar-refractivity contribution in [3.05, 3.63) is 58.1 Å². The number of ether oxygens (including phenoxy) is 1. The summed E-state index contributed by atoms with van der Waals surface area (Å²) in [6.45, 7) is 3.99. The lowest BCUT2D eigenvalue weighted by Gasteiger charge is -2.19. The Morgan fingerprint density at radius 1 is 0.889 bits per heavy atom. The molecule has 1 aliphatic carbocycles. The number of benzene rings is 2. The number of aryl methyl sites for hydroxylation is 2. The van der Waals surface area contributed by atoms with E-state index in [1.807, 2.05) is 38.1 Å². The third kappa shape index (κ3) is 2.45. The Morgan fingerprint density at radius 2 is 1.48 bits per heavy atom. The molecule has 2 bridgehead atoms. The normalized spacial score (nSPS) is 31.6. The predicted molar refractivity (Wildman–Crippen MR) is 104 cm³/mol. The highest BCUT2D eigenvalue weighted by Crippen LogP contribution is 2.53. The second-order valence-electron chi connectivity index (χ2n) is 8.11. The second kappa shape index (κ2) is 6.02. The van der Waals surface area contributed by atoms with Crippen molar-refractivity contribution in [2.24, 2.45) is 11.8 Å². The number of Topliss-reactive ketones (excluding diaryl/α,β-unsaturated/α-hetero) is 2. The van der Waals surface area contributed by atoms with Crippen LogP contribution in [0, 0.1) is 25.7 Å². The van der Waals surface area contributed by atoms with Crippen molar-refractivity contribution in [3.8, 4) is 11.1 Å². The van der Waals surface area contributed by atoms with Crippen LogP contribution in [0.25, 0.3) is 11.1 Å². The minimum absolute atomic E-state index is 0.0483. The molecule has 4 heteroatoms. The molecule has 2 aromatic carbocycles. The second-order valence-corrected chi connectivity index (χ2v) is 8.55. The molecule has 2 heterocycles. The lowest BCUT2D eigenvalue weighted by atomic mass is 9.81. The summed E-state index contributed by atoms with van der Waals surface area (Å²) in [5.41, 5.74) is 4.96. The van der Waals surface area contributed by atoms with Crippen LogP contribution in [0.3, 0.4) is 0 Å². The molecule has 3 unspecified atom stereocenters. The SMILES string of the molecule is Cc1cc(-c2cccc(Cl)c2)cc(C)c1C1C(=O)[C@@H]2C3CCC(O3)[C@@H]2C1=O. The molecule has 5 rings (SSSR count). The van der Waals surface area contributed by atoms with Crippen LogP contribution in [0.5, 0.6) is 0 Å². The van der Waals surface area contributed by atoms with Crippen molar-refractivity contribution in [2.45, 2.75) is 44.8 Å². The highest BCUT2D eigenvalue weighted by atomic mass is 35.5. The summed E-state index contributed by atoms with van der Waals surface area (Å²) in [6.07, 6.45) is 1.72. The molecular formula is C23H21ClO3. The van der Waals surface area contributed by atoms with Gasteiger partial charge in [-0.05, 0) is 66.6 Å². The van der Waals surface area contributed by atoms with Crippen LogP contribution in [0.4, 0.5) is 0 Å². The summed E-state index contributed by atoms with van der Waals surface area (Å²) >= 11 is 6.13. The van der Waals surface area contributed by atoms with Gasteiger partial charge in [0.25, 0.3) is 0 Å². The van der Waals surface area contributed by atoms with Crippen LogP contribution in [0.1, 0.15) is 35.4 Å². The lowest BCUT2D eigenvalue weighted by molar-refractivity contribution is -0.127. The Kier molecular flexibility index (Phi) is 3.82. The maximum Gasteiger partial charge on any atom is 0.154 e. The molecule has 0 amide bonds. The van der Waals surface area contributed by atoms with Gasteiger partial charge in [0.15, 0.2) is 11.6 Å². The monoisotopic (exact) mass is 380 g/mol. The van der Waals surface area contributed by atoms with Crippen molar-refractivity contribution in [1.29, 1.82) is 0 Å². The van der Waals surface area contributed by atoms with Crippen molar-refractivity contribution in [1.82, 2.24) is 0 Å². The fourth-order valence-electron chi connectivity index (χ4n) is 5.47. The first-order chi connectivity index (χ1) is 13.0. The maximum absolute atomic E-state index is 13.2. The Bertz CT molecular complexity index is 928. The predicted octanol–water partition coefficient (Wildman–Crippen LogP) is 4.65. The fourth-order valence-corrected chi connectivity index (χ4v) is 5.67. The van der Waals surface area contributed by atoms with Crippen LogP contribution < -0.4 is 0 Å². The Balaban J connectivity index is 1.56. The first-order valence-corrected chi connectivity index (χ1v) is 9.93. The van der Waals surface area contributed by atoms with Crippen LogP contribution >= 0.6 is 11.6 Å². The zero-order valence-electron chi connectivity index (χ0n) is 15.4. The molecule has 0 N–H and O–H groups in total. The minimum Gasteiger partial charge on any atom is -0.373 e. The van der Waals surface area contributed by atoms with E-state index in [4.69, 9.17) is 16.3 Å². The topological polar surface area (TPSA) is 43.4 Å². The smallest absolute Gasteiger partial charge is 0.154 e. The molecule has 3 fully saturated rings. The zero-order chi connectivity index (χ0) is 18.9. The van der Waals surface area contributed by atoms with Crippen molar-refractivity contribution >= 4 is 23.2 Å². The largest absolute Gasteiger partial charge is 0.373 e. The van der Waals surface area contributed by atoms with Gasteiger partial charge in [-0.1, -0.05) is 35.9 Å². The number of hydrogen-bond donors (Lipinski definition) is 0. The minimum atomic E-state index is -0.625. The number of fused-ring (bicyclic) bond motifs is 5. The van der Waals surface area contributed by atoms with Crippen LogP contribution in [-0.2, 0) is 14.3 Å². The van der Waals surface area contributed by atoms with Gasteiger partial charge in [0.05, 0.1) is 24.0 Å². The first kappa shape index (κ1) is 17.2. The molecular weight excluding hydrogens is 360 g/mol. The Hall–Kier alpha value is -1.97. The summed E-state index contributed by atoms with van der Waals surface area (Å²) in [6, 6.07) is 11.9. The summed E-state index contributed by atoms with van der Waals surface area (Å²) in [5.74, 6) is -0.946. The molecule has 0 aromatic heterocycles. The van der Waals surface area contributed by atoms with Gasteiger partial charge in [0.2, 0.25) is 0 Å². The maximum atomic E-state index is 13.2. The zero-order valence-corrected chi connectivity index (χ0v) is 16.1. The van der Waals surface area contributed by atoms with E-state index in [9.17, 15) is 9.59 Å². The van der Waals surface area contributed by atoms with Gasteiger partial charge in [0, 0.05) is 5.02 Å². The lowest BCUT2D eigenvalue weighted by Crippen LogP contribution is -2.29. The molecule has 2 aliphatic heterocycles. The number of halogens is 1.